The summed E-state index contributed by atoms with van der Waals surface area (Å²) >= 11 is 0. The number of carbonyl (C=O) groups excluding carboxylic acids is 1. The fourth-order valence-electron chi connectivity index (χ4n) is 3.92. The van der Waals surface area contributed by atoms with Crippen molar-refractivity contribution in [2.75, 3.05) is 7.11 Å². The molecule has 0 bridgehead atoms. The number of Topliss-reactive ketones (excluding diaryl/α,β-unsaturated/α-hetero) is 1. The van der Waals surface area contributed by atoms with Gasteiger partial charge < -0.3 is 4.74 Å². The van der Waals surface area contributed by atoms with E-state index in [9.17, 15) is 4.79 Å². The molecule has 23 heavy (non-hydrogen) atoms. The van der Waals surface area contributed by atoms with Gasteiger partial charge in [-0.1, -0.05) is 19.3 Å². The highest BCUT2D eigenvalue weighted by Crippen LogP contribution is 2.32. The highest BCUT2D eigenvalue weighted by molar-refractivity contribution is 6.13. The standard InChI is InChI=1S/C20H27NO2/c1-20(2)13-15-11-16(23-3)9-10-17(15)18(21-20)12-19(22)14-7-5-4-6-8-14/h9-11,14H,4-8,12-13H2,1-3H3. The second kappa shape index (κ2) is 6.46. The lowest BCUT2D eigenvalue weighted by molar-refractivity contribution is -0.122. The number of carbonyl (C=O) groups is 1. The molecule has 0 N–H and O–H groups in total. The molecule has 0 aromatic heterocycles. The third-order valence-corrected chi connectivity index (χ3v) is 5.09. The van der Waals surface area contributed by atoms with Crippen molar-refractivity contribution in [2.24, 2.45) is 10.9 Å². The minimum absolute atomic E-state index is 0.151. The molecule has 1 aliphatic heterocycles. The van der Waals surface area contributed by atoms with Crippen molar-refractivity contribution in [1.82, 2.24) is 0 Å². The third-order valence-electron chi connectivity index (χ3n) is 5.09. The lowest BCUT2D eigenvalue weighted by Gasteiger charge is -2.30. The lowest BCUT2D eigenvalue weighted by Crippen LogP contribution is -2.31. The SMILES string of the molecule is COc1ccc2c(c1)CC(C)(C)N=C2CC(=O)C1CCCCC1. The molecule has 0 atom stereocenters. The zero-order valence-corrected chi connectivity index (χ0v) is 14.5. The van der Waals surface area contributed by atoms with E-state index in [-0.39, 0.29) is 11.5 Å². The minimum Gasteiger partial charge on any atom is -0.497 e. The van der Waals surface area contributed by atoms with Crippen LogP contribution in [-0.4, -0.2) is 24.1 Å². The molecule has 1 aromatic rings. The van der Waals surface area contributed by atoms with Crippen LogP contribution < -0.4 is 4.74 Å². The zero-order valence-electron chi connectivity index (χ0n) is 14.5. The summed E-state index contributed by atoms with van der Waals surface area (Å²) in [6.45, 7) is 4.28. The highest BCUT2D eigenvalue weighted by atomic mass is 16.5. The first kappa shape index (κ1) is 16.2. The fraction of sp³-hybridized carbons (Fsp3) is 0.600. The fourth-order valence-corrected chi connectivity index (χ4v) is 3.92. The van der Waals surface area contributed by atoms with E-state index in [0.717, 1.165) is 36.3 Å². The van der Waals surface area contributed by atoms with Gasteiger partial charge in [0.2, 0.25) is 0 Å². The summed E-state index contributed by atoms with van der Waals surface area (Å²) < 4.78 is 5.35. The number of rotatable bonds is 4. The van der Waals surface area contributed by atoms with Crippen LogP contribution in [0.5, 0.6) is 5.75 Å². The predicted octanol–water partition coefficient (Wildman–Crippen LogP) is 4.36. The van der Waals surface area contributed by atoms with Crippen LogP contribution in [0.3, 0.4) is 0 Å². The van der Waals surface area contributed by atoms with Crippen LogP contribution in [0, 0.1) is 5.92 Å². The van der Waals surface area contributed by atoms with E-state index in [0.29, 0.717) is 12.2 Å². The third kappa shape index (κ3) is 3.65. The molecule has 3 heteroatoms. The summed E-state index contributed by atoms with van der Waals surface area (Å²) in [4.78, 5) is 17.6. The Hall–Kier alpha value is -1.64. The lowest BCUT2D eigenvalue weighted by atomic mass is 9.81. The van der Waals surface area contributed by atoms with Crippen LogP contribution in [0.25, 0.3) is 0 Å². The topological polar surface area (TPSA) is 38.7 Å². The Labute approximate surface area is 139 Å². The van der Waals surface area contributed by atoms with E-state index >= 15 is 0 Å². The van der Waals surface area contributed by atoms with Crippen LogP contribution in [-0.2, 0) is 11.2 Å². The minimum atomic E-state index is -0.151. The average molecular weight is 313 g/mol. The molecular weight excluding hydrogens is 286 g/mol. The Bertz CT molecular complexity index is 625. The van der Waals surface area contributed by atoms with Gasteiger partial charge in [-0.15, -0.1) is 0 Å². The molecule has 0 radical (unpaired) electrons. The van der Waals surface area contributed by atoms with Crippen molar-refractivity contribution in [3.8, 4) is 5.75 Å². The molecule has 0 unspecified atom stereocenters. The first-order chi connectivity index (χ1) is 11.0. The number of fused-ring (bicyclic) bond motifs is 1. The first-order valence-corrected chi connectivity index (χ1v) is 8.77. The van der Waals surface area contributed by atoms with Gasteiger partial charge in [0.05, 0.1) is 18.4 Å². The summed E-state index contributed by atoms with van der Waals surface area (Å²) in [5.74, 6) is 1.50. The number of aliphatic imine (C=N–C) groups is 1. The summed E-state index contributed by atoms with van der Waals surface area (Å²) in [5.41, 5.74) is 3.20. The Morgan fingerprint density at radius 3 is 2.70 bits per heavy atom. The molecule has 0 amide bonds. The van der Waals surface area contributed by atoms with Crippen molar-refractivity contribution in [1.29, 1.82) is 0 Å². The van der Waals surface area contributed by atoms with Crippen molar-refractivity contribution in [2.45, 2.75) is 64.3 Å². The maximum Gasteiger partial charge on any atom is 0.141 e. The van der Waals surface area contributed by atoms with E-state index in [1.807, 2.05) is 6.07 Å². The van der Waals surface area contributed by atoms with E-state index in [1.54, 1.807) is 7.11 Å². The summed E-state index contributed by atoms with van der Waals surface area (Å²) in [7, 11) is 1.69. The quantitative estimate of drug-likeness (QED) is 0.828. The van der Waals surface area contributed by atoms with E-state index in [4.69, 9.17) is 9.73 Å². The average Bonchev–Trinajstić information content (AvgIpc) is 2.54. The van der Waals surface area contributed by atoms with Crippen LogP contribution in [0.4, 0.5) is 0 Å². The molecule has 0 spiro atoms. The molecular formula is C20H27NO2. The number of hydrogen-bond donors (Lipinski definition) is 0. The number of methoxy groups -OCH3 is 1. The number of hydrogen-bond acceptors (Lipinski definition) is 3. The second-order valence-corrected chi connectivity index (χ2v) is 7.55. The highest BCUT2D eigenvalue weighted by Gasteiger charge is 2.30. The molecule has 3 rings (SSSR count). The van der Waals surface area contributed by atoms with Gasteiger partial charge in [0.1, 0.15) is 11.5 Å². The molecule has 1 heterocycles. The number of ketones is 1. The molecule has 1 aromatic carbocycles. The molecule has 2 aliphatic rings. The van der Waals surface area contributed by atoms with Gasteiger partial charge in [-0.3, -0.25) is 9.79 Å². The van der Waals surface area contributed by atoms with E-state index in [2.05, 4.69) is 26.0 Å². The van der Waals surface area contributed by atoms with Crippen LogP contribution in [0.1, 0.15) is 63.5 Å². The number of benzene rings is 1. The first-order valence-electron chi connectivity index (χ1n) is 8.77. The maximum absolute atomic E-state index is 12.7. The monoisotopic (exact) mass is 313 g/mol. The Kier molecular flexibility index (Phi) is 4.56. The van der Waals surface area contributed by atoms with Crippen LogP contribution in [0.2, 0.25) is 0 Å². The van der Waals surface area contributed by atoms with Crippen LogP contribution >= 0.6 is 0 Å². The van der Waals surface area contributed by atoms with Gasteiger partial charge >= 0.3 is 0 Å². The summed E-state index contributed by atoms with van der Waals surface area (Å²) in [6.07, 6.45) is 7.16. The smallest absolute Gasteiger partial charge is 0.141 e. The van der Waals surface area contributed by atoms with Crippen molar-refractivity contribution in [3.63, 3.8) is 0 Å². The van der Waals surface area contributed by atoms with Gasteiger partial charge in [-0.05, 0) is 62.4 Å². The molecule has 1 saturated carbocycles. The molecule has 3 nitrogen and oxygen atoms in total. The van der Waals surface area contributed by atoms with Gasteiger partial charge in [-0.2, -0.15) is 0 Å². The molecule has 0 saturated heterocycles. The van der Waals surface area contributed by atoms with Gasteiger partial charge in [-0.25, -0.2) is 0 Å². The summed E-state index contributed by atoms with van der Waals surface area (Å²) in [5, 5.41) is 0. The summed E-state index contributed by atoms with van der Waals surface area (Å²) in [6, 6.07) is 6.13. The van der Waals surface area contributed by atoms with Gasteiger partial charge in [0.25, 0.3) is 0 Å². The molecule has 1 fully saturated rings. The number of nitrogens with zero attached hydrogens (tertiary/aromatic N) is 1. The molecule has 124 valence electrons. The zero-order chi connectivity index (χ0) is 16.4. The van der Waals surface area contributed by atoms with Crippen molar-refractivity contribution >= 4 is 11.5 Å². The Morgan fingerprint density at radius 2 is 2.00 bits per heavy atom. The van der Waals surface area contributed by atoms with Crippen molar-refractivity contribution < 1.29 is 9.53 Å². The van der Waals surface area contributed by atoms with E-state index < -0.39 is 0 Å². The molecule has 1 aliphatic carbocycles. The largest absolute Gasteiger partial charge is 0.497 e. The second-order valence-electron chi connectivity index (χ2n) is 7.55. The Morgan fingerprint density at radius 1 is 1.26 bits per heavy atom. The van der Waals surface area contributed by atoms with Crippen molar-refractivity contribution in [3.05, 3.63) is 29.3 Å². The Balaban J connectivity index is 1.85. The van der Waals surface area contributed by atoms with Gasteiger partial charge in [0.15, 0.2) is 0 Å². The predicted molar refractivity (Wildman–Crippen MR) is 93.5 cm³/mol. The normalized spacial score (nSPS) is 20.6. The van der Waals surface area contributed by atoms with E-state index in [1.165, 1.54) is 24.8 Å². The van der Waals surface area contributed by atoms with Crippen LogP contribution in [0.15, 0.2) is 23.2 Å². The van der Waals surface area contributed by atoms with Gasteiger partial charge in [0, 0.05) is 12.3 Å². The maximum atomic E-state index is 12.7. The number of ether oxygens (including phenoxy) is 1.